The van der Waals surface area contributed by atoms with Crippen molar-refractivity contribution in [2.24, 2.45) is 10.9 Å². The molecule has 5 heteroatoms. The molecule has 1 saturated carbocycles. The fourth-order valence-corrected chi connectivity index (χ4v) is 4.17. The zero-order chi connectivity index (χ0) is 14.2. The lowest BCUT2D eigenvalue weighted by molar-refractivity contribution is 0.273. The van der Waals surface area contributed by atoms with Crippen molar-refractivity contribution < 1.29 is 4.39 Å². The highest BCUT2D eigenvalue weighted by atomic mass is 35.5. The SMILES string of the molecule is CC1CCC2(CC1)CSC(Nc1ccc(Cl)cc1F)=N2. The summed E-state index contributed by atoms with van der Waals surface area (Å²) in [5.41, 5.74) is 0.532. The molecule has 0 amide bonds. The van der Waals surface area contributed by atoms with Crippen LogP contribution >= 0.6 is 23.4 Å². The maximum Gasteiger partial charge on any atom is 0.161 e. The van der Waals surface area contributed by atoms with Crippen LogP contribution in [0.3, 0.4) is 0 Å². The van der Waals surface area contributed by atoms with E-state index in [0.717, 1.165) is 29.7 Å². The Morgan fingerprint density at radius 3 is 2.85 bits per heavy atom. The van der Waals surface area contributed by atoms with Gasteiger partial charge in [0, 0.05) is 10.8 Å². The standard InChI is InChI=1S/C15H18ClFN2S/c1-10-4-6-15(7-5-10)9-20-14(19-15)18-13-3-2-11(16)8-12(13)17/h2-3,8,10H,4-7,9H2,1H3,(H,18,19). The van der Waals surface area contributed by atoms with Crippen LogP contribution in [0.15, 0.2) is 23.2 Å². The van der Waals surface area contributed by atoms with Crippen LogP contribution < -0.4 is 5.32 Å². The lowest BCUT2D eigenvalue weighted by Crippen LogP contribution is -2.32. The van der Waals surface area contributed by atoms with Crippen LogP contribution in [-0.2, 0) is 0 Å². The Bertz CT molecular complexity index is 539. The fraction of sp³-hybridized carbons (Fsp3) is 0.533. The highest BCUT2D eigenvalue weighted by Gasteiger charge is 2.38. The lowest BCUT2D eigenvalue weighted by Gasteiger charge is -2.32. The third-order valence-corrected chi connectivity index (χ3v) is 5.58. The molecule has 0 aromatic heterocycles. The Balaban J connectivity index is 1.72. The second kappa shape index (κ2) is 5.57. The number of hydrogen-bond donors (Lipinski definition) is 1. The van der Waals surface area contributed by atoms with Gasteiger partial charge in [-0.15, -0.1) is 0 Å². The highest BCUT2D eigenvalue weighted by Crippen LogP contribution is 2.41. The molecule has 1 fully saturated rings. The minimum Gasteiger partial charge on any atom is -0.333 e. The first kappa shape index (κ1) is 14.2. The van der Waals surface area contributed by atoms with Crippen molar-refractivity contribution in [3.05, 3.63) is 29.0 Å². The molecule has 2 aliphatic rings. The molecular weight excluding hydrogens is 295 g/mol. The van der Waals surface area contributed by atoms with E-state index in [1.165, 1.54) is 18.9 Å². The minimum absolute atomic E-state index is 0.0857. The number of nitrogens with zero attached hydrogens (tertiary/aromatic N) is 1. The summed E-state index contributed by atoms with van der Waals surface area (Å²) in [7, 11) is 0. The molecule has 1 aromatic carbocycles. The van der Waals surface area contributed by atoms with Gasteiger partial charge in [-0.1, -0.05) is 30.3 Å². The summed E-state index contributed by atoms with van der Waals surface area (Å²) < 4.78 is 13.8. The second-order valence-electron chi connectivity index (χ2n) is 5.86. The average Bonchev–Trinajstić information content (AvgIpc) is 2.80. The Hall–Kier alpha value is -0.740. The van der Waals surface area contributed by atoms with Gasteiger partial charge in [0.05, 0.1) is 11.2 Å². The first-order valence-corrected chi connectivity index (χ1v) is 8.37. The number of thioether (sulfide) groups is 1. The quantitative estimate of drug-likeness (QED) is 0.794. The van der Waals surface area contributed by atoms with Gasteiger partial charge in [0.1, 0.15) is 5.82 Å². The van der Waals surface area contributed by atoms with Crippen LogP contribution in [0.25, 0.3) is 0 Å². The predicted molar refractivity (Wildman–Crippen MR) is 85.3 cm³/mol. The molecule has 1 spiro atoms. The maximum atomic E-state index is 13.8. The molecule has 1 aliphatic carbocycles. The summed E-state index contributed by atoms with van der Waals surface area (Å²) in [5, 5.41) is 4.34. The number of aliphatic imine (C=N–C) groups is 1. The van der Waals surface area contributed by atoms with E-state index in [-0.39, 0.29) is 11.4 Å². The largest absolute Gasteiger partial charge is 0.333 e. The lowest BCUT2D eigenvalue weighted by atomic mass is 9.79. The number of rotatable bonds is 1. The van der Waals surface area contributed by atoms with Gasteiger partial charge in [0.25, 0.3) is 0 Å². The van der Waals surface area contributed by atoms with Gasteiger partial charge < -0.3 is 5.32 Å². The molecule has 108 valence electrons. The number of anilines is 1. The zero-order valence-electron chi connectivity index (χ0n) is 11.5. The molecule has 0 atom stereocenters. The van der Waals surface area contributed by atoms with Crippen molar-refractivity contribution in [2.45, 2.75) is 38.1 Å². The zero-order valence-corrected chi connectivity index (χ0v) is 13.0. The fourth-order valence-electron chi connectivity index (χ4n) is 2.81. The topological polar surface area (TPSA) is 24.4 Å². The Kier molecular flexibility index (Phi) is 3.95. The normalized spacial score (nSPS) is 29.6. The van der Waals surface area contributed by atoms with E-state index >= 15 is 0 Å². The van der Waals surface area contributed by atoms with Gasteiger partial charge in [-0.2, -0.15) is 0 Å². The van der Waals surface area contributed by atoms with E-state index in [1.807, 2.05) is 0 Å². The van der Waals surface area contributed by atoms with E-state index in [1.54, 1.807) is 23.9 Å². The van der Waals surface area contributed by atoms with Crippen LogP contribution in [0.4, 0.5) is 10.1 Å². The van der Waals surface area contributed by atoms with Crippen LogP contribution in [0.2, 0.25) is 5.02 Å². The van der Waals surface area contributed by atoms with Gasteiger partial charge in [0.15, 0.2) is 5.17 Å². The first-order valence-electron chi connectivity index (χ1n) is 7.01. The van der Waals surface area contributed by atoms with Crippen molar-refractivity contribution >= 4 is 34.2 Å². The van der Waals surface area contributed by atoms with Gasteiger partial charge in [0.2, 0.25) is 0 Å². The number of hydrogen-bond acceptors (Lipinski definition) is 3. The van der Waals surface area contributed by atoms with Crippen LogP contribution in [0, 0.1) is 11.7 Å². The number of halogens is 2. The third-order valence-electron chi connectivity index (χ3n) is 4.19. The Morgan fingerprint density at radius 2 is 2.15 bits per heavy atom. The monoisotopic (exact) mass is 312 g/mol. The molecular formula is C15H18ClFN2S. The smallest absolute Gasteiger partial charge is 0.161 e. The molecule has 1 aliphatic heterocycles. The molecule has 1 heterocycles. The Labute approximate surface area is 128 Å². The molecule has 1 aromatic rings. The number of benzene rings is 1. The molecule has 0 radical (unpaired) electrons. The Morgan fingerprint density at radius 1 is 1.40 bits per heavy atom. The third kappa shape index (κ3) is 2.96. The van der Waals surface area contributed by atoms with Gasteiger partial charge in [-0.3, -0.25) is 4.99 Å². The predicted octanol–water partition coefficient (Wildman–Crippen LogP) is 4.94. The van der Waals surface area contributed by atoms with Gasteiger partial charge in [-0.05, 0) is 49.8 Å². The van der Waals surface area contributed by atoms with Crippen molar-refractivity contribution in [2.75, 3.05) is 11.1 Å². The van der Waals surface area contributed by atoms with Crippen LogP contribution in [0.5, 0.6) is 0 Å². The maximum absolute atomic E-state index is 13.8. The average molecular weight is 313 g/mol. The summed E-state index contributed by atoms with van der Waals surface area (Å²) in [6.07, 6.45) is 4.78. The van der Waals surface area contributed by atoms with E-state index in [9.17, 15) is 4.39 Å². The summed E-state index contributed by atoms with van der Waals surface area (Å²) >= 11 is 7.46. The highest BCUT2D eigenvalue weighted by molar-refractivity contribution is 8.14. The molecule has 0 saturated heterocycles. The molecule has 0 bridgehead atoms. The van der Waals surface area contributed by atoms with Gasteiger partial charge in [-0.25, -0.2) is 4.39 Å². The van der Waals surface area contributed by atoms with Crippen molar-refractivity contribution in [3.8, 4) is 0 Å². The van der Waals surface area contributed by atoms with Gasteiger partial charge >= 0.3 is 0 Å². The van der Waals surface area contributed by atoms with E-state index in [2.05, 4.69) is 12.2 Å². The molecule has 1 N–H and O–H groups in total. The number of amidine groups is 1. The molecule has 0 unspecified atom stereocenters. The summed E-state index contributed by atoms with van der Waals surface area (Å²) in [5.74, 6) is 1.49. The summed E-state index contributed by atoms with van der Waals surface area (Å²) in [6, 6.07) is 4.67. The molecule has 20 heavy (non-hydrogen) atoms. The molecule has 2 nitrogen and oxygen atoms in total. The van der Waals surface area contributed by atoms with Crippen molar-refractivity contribution in [3.63, 3.8) is 0 Å². The molecule has 3 rings (SSSR count). The van der Waals surface area contributed by atoms with Crippen molar-refractivity contribution in [1.29, 1.82) is 0 Å². The van der Waals surface area contributed by atoms with E-state index in [4.69, 9.17) is 16.6 Å². The minimum atomic E-state index is -0.334. The second-order valence-corrected chi connectivity index (χ2v) is 7.26. The van der Waals surface area contributed by atoms with Crippen LogP contribution in [0.1, 0.15) is 32.6 Å². The summed E-state index contributed by atoms with van der Waals surface area (Å²) in [6.45, 7) is 2.31. The van der Waals surface area contributed by atoms with E-state index in [0.29, 0.717) is 10.7 Å². The van der Waals surface area contributed by atoms with Crippen molar-refractivity contribution in [1.82, 2.24) is 0 Å². The summed E-state index contributed by atoms with van der Waals surface area (Å²) in [4.78, 5) is 4.84. The number of nitrogens with one attached hydrogen (secondary N) is 1. The first-order chi connectivity index (χ1) is 9.56. The van der Waals surface area contributed by atoms with E-state index < -0.39 is 0 Å². The van der Waals surface area contributed by atoms with Crippen LogP contribution in [-0.4, -0.2) is 16.5 Å².